The van der Waals surface area contributed by atoms with Crippen molar-refractivity contribution in [3.8, 4) is 5.69 Å². The molecule has 2 aromatic heterocycles. The van der Waals surface area contributed by atoms with Gasteiger partial charge in [-0.2, -0.15) is 0 Å². The molecule has 0 bridgehead atoms. The van der Waals surface area contributed by atoms with Gasteiger partial charge in [0.25, 0.3) is 5.56 Å². The summed E-state index contributed by atoms with van der Waals surface area (Å²) in [4.78, 5) is 33.9. The first-order valence-electron chi connectivity index (χ1n) is 8.84. The smallest absolute Gasteiger partial charge is 0.268 e. The van der Waals surface area contributed by atoms with Crippen molar-refractivity contribution in [2.45, 2.75) is 5.16 Å². The van der Waals surface area contributed by atoms with Gasteiger partial charge in [0.1, 0.15) is 11.6 Å². The number of benzene rings is 2. The van der Waals surface area contributed by atoms with Crippen LogP contribution in [0, 0.1) is 11.6 Å². The number of para-hydroxylation sites is 1. The first kappa shape index (κ1) is 19.7. The number of amides is 1. The second kappa shape index (κ2) is 8.42. The first-order valence-corrected chi connectivity index (χ1v) is 9.82. The molecule has 0 saturated carbocycles. The molecule has 0 aliphatic carbocycles. The summed E-state index contributed by atoms with van der Waals surface area (Å²) in [6, 6.07) is 15.1. The van der Waals surface area contributed by atoms with Crippen LogP contribution in [0.2, 0.25) is 0 Å². The topological polar surface area (TPSA) is 76.9 Å². The van der Waals surface area contributed by atoms with Crippen LogP contribution in [0.5, 0.6) is 0 Å². The van der Waals surface area contributed by atoms with Crippen molar-refractivity contribution >= 4 is 34.4 Å². The number of halogens is 2. The minimum atomic E-state index is -0.873. The molecule has 2 heterocycles. The second-order valence-corrected chi connectivity index (χ2v) is 7.15. The molecule has 1 amide bonds. The molecule has 0 radical (unpaired) electrons. The number of hydrogen-bond acceptors (Lipinski definition) is 5. The van der Waals surface area contributed by atoms with Crippen molar-refractivity contribution in [2.24, 2.45) is 0 Å². The van der Waals surface area contributed by atoms with Crippen LogP contribution in [-0.2, 0) is 4.79 Å². The van der Waals surface area contributed by atoms with E-state index >= 15 is 0 Å². The third kappa shape index (κ3) is 4.06. The quantitative estimate of drug-likeness (QED) is 0.390. The number of carbonyl (C=O) groups excluding carboxylic acids is 1. The predicted molar refractivity (Wildman–Crippen MR) is 111 cm³/mol. The Morgan fingerprint density at radius 3 is 2.63 bits per heavy atom. The van der Waals surface area contributed by atoms with Crippen LogP contribution in [0.25, 0.3) is 16.7 Å². The van der Waals surface area contributed by atoms with E-state index in [4.69, 9.17) is 0 Å². The van der Waals surface area contributed by atoms with E-state index in [2.05, 4.69) is 15.3 Å². The van der Waals surface area contributed by atoms with Crippen molar-refractivity contribution in [3.63, 3.8) is 0 Å². The van der Waals surface area contributed by atoms with Gasteiger partial charge in [-0.05, 0) is 36.4 Å². The number of nitrogens with one attached hydrogen (secondary N) is 1. The van der Waals surface area contributed by atoms with Gasteiger partial charge in [-0.15, -0.1) is 0 Å². The fraction of sp³-hybridized carbons (Fsp3) is 0.0476. The zero-order valence-corrected chi connectivity index (χ0v) is 16.2. The molecule has 4 aromatic rings. The molecule has 0 aliphatic rings. The average Bonchev–Trinajstić information content (AvgIpc) is 2.75. The molecule has 1 N–H and O–H groups in total. The monoisotopic (exact) mass is 424 g/mol. The van der Waals surface area contributed by atoms with E-state index in [1.807, 2.05) is 6.07 Å². The molecule has 2 aromatic carbocycles. The van der Waals surface area contributed by atoms with Crippen LogP contribution in [0.4, 0.5) is 14.5 Å². The number of aromatic nitrogens is 3. The summed E-state index contributed by atoms with van der Waals surface area (Å²) in [7, 11) is 0. The summed E-state index contributed by atoms with van der Waals surface area (Å²) in [5.74, 6) is -2.28. The molecule has 0 spiro atoms. The second-order valence-electron chi connectivity index (χ2n) is 6.21. The fourth-order valence-corrected chi connectivity index (χ4v) is 3.61. The first-order chi connectivity index (χ1) is 14.5. The molecule has 4 rings (SSSR count). The number of thioether (sulfide) groups is 1. The van der Waals surface area contributed by atoms with Crippen molar-refractivity contribution in [1.29, 1.82) is 0 Å². The van der Waals surface area contributed by atoms with Crippen LogP contribution >= 0.6 is 11.8 Å². The maximum Gasteiger partial charge on any atom is 0.268 e. The maximum atomic E-state index is 13.8. The summed E-state index contributed by atoms with van der Waals surface area (Å²) < 4.78 is 28.2. The van der Waals surface area contributed by atoms with Crippen LogP contribution in [0.3, 0.4) is 0 Å². The number of nitrogens with zero attached hydrogens (tertiary/aromatic N) is 3. The molecular formula is C21H14F2N4O2S. The van der Waals surface area contributed by atoms with Gasteiger partial charge in [0.05, 0.1) is 22.5 Å². The van der Waals surface area contributed by atoms with Crippen molar-refractivity contribution in [2.75, 3.05) is 11.1 Å². The van der Waals surface area contributed by atoms with Crippen molar-refractivity contribution in [3.05, 3.63) is 88.8 Å². The number of pyridine rings is 1. The standard InChI is InChI=1S/C21H14F2N4O2S/c22-13-8-9-17(16(23)11-13)25-18(28)12-30-21-26-19-15(7-4-10-24-19)20(29)27(21)14-5-2-1-3-6-14/h1-11H,12H2,(H,25,28). The zero-order valence-electron chi connectivity index (χ0n) is 15.4. The Morgan fingerprint density at radius 2 is 1.87 bits per heavy atom. The molecule has 0 atom stereocenters. The van der Waals surface area contributed by atoms with Gasteiger partial charge >= 0.3 is 0 Å². The highest BCUT2D eigenvalue weighted by molar-refractivity contribution is 7.99. The molecule has 0 saturated heterocycles. The van der Waals surface area contributed by atoms with Gasteiger partial charge in [-0.1, -0.05) is 30.0 Å². The minimum absolute atomic E-state index is 0.129. The Morgan fingerprint density at radius 1 is 1.07 bits per heavy atom. The molecule has 150 valence electrons. The van der Waals surface area contributed by atoms with Gasteiger partial charge in [-0.3, -0.25) is 14.2 Å². The highest BCUT2D eigenvalue weighted by Crippen LogP contribution is 2.21. The SMILES string of the molecule is O=C(CSc1nc2ncccc2c(=O)n1-c1ccccc1)Nc1ccc(F)cc1F. The van der Waals surface area contributed by atoms with Gasteiger partial charge in [-0.25, -0.2) is 18.7 Å². The molecular weight excluding hydrogens is 410 g/mol. The lowest BCUT2D eigenvalue weighted by molar-refractivity contribution is -0.113. The Hall–Kier alpha value is -3.59. The summed E-state index contributed by atoms with van der Waals surface area (Å²) in [6.45, 7) is 0. The third-order valence-electron chi connectivity index (χ3n) is 4.16. The summed E-state index contributed by atoms with van der Waals surface area (Å²) in [5, 5.41) is 3.01. The van der Waals surface area contributed by atoms with Crippen LogP contribution < -0.4 is 10.9 Å². The minimum Gasteiger partial charge on any atom is -0.323 e. The Bertz CT molecular complexity index is 1300. The van der Waals surface area contributed by atoms with Gasteiger partial charge in [0, 0.05) is 12.3 Å². The van der Waals surface area contributed by atoms with Crippen LogP contribution in [0.1, 0.15) is 0 Å². The maximum absolute atomic E-state index is 13.8. The van der Waals surface area contributed by atoms with Gasteiger partial charge in [0.2, 0.25) is 5.91 Å². The largest absolute Gasteiger partial charge is 0.323 e. The number of fused-ring (bicyclic) bond motifs is 1. The highest BCUT2D eigenvalue weighted by Gasteiger charge is 2.16. The lowest BCUT2D eigenvalue weighted by Gasteiger charge is -2.13. The fourth-order valence-electron chi connectivity index (χ4n) is 2.81. The van der Waals surface area contributed by atoms with Crippen molar-refractivity contribution in [1.82, 2.24) is 14.5 Å². The van der Waals surface area contributed by atoms with E-state index in [1.165, 1.54) is 10.8 Å². The Labute approximate surface area is 173 Å². The van der Waals surface area contributed by atoms with E-state index in [1.54, 1.807) is 36.4 Å². The molecule has 9 heteroatoms. The third-order valence-corrected chi connectivity index (χ3v) is 5.10. The molecule has 30 heavy (non-hydrogen) atoms. The summed E-state index contributed by atoms with van der Waals surface area (Å²) in [5.41, 5.74) is 0.415. The van der Waals surface area contributed by atoms with Crippen LogP contribution in [-0.4, -0.2) is 26.2 Å². The van der Waals surface area contributed by atoms with Gasteiger partial charge < -0.3 is 5.32 Å². The Kier molecular flexibility index (Phi) is 5.53. The van der Waals surface area contributed by atoms with Crippen LogP contribution in [0.15, 0.2) is 76.8 Å². The lowest BCUT2D eigenvalue weighted by Crippen LogP contribution is -2.23. The lowest BCUT2D eigenvalue weighted by atomic mass is 10.3. The van der Waals surface area contributed by atoms with E-state index < -0.39 is 17.5 Å². The molecule has 0 aliphatic heterocycles. The van der Waals surface area contributed by atoms with Crippen molar-refractivity contribution < 1.29 is 13.6 Å². The van der Waals surface area contributed by atoms with E-state index in [0.717, 1.165) is 23.9 Å². The average molecular weight is 424 g/mol. The van der Waals surface area contributed by atoms with Gasteiger partial charge in [0.15, 0.2) is 10.8 Å². The van der Waals surface area contributed by atoms with E-state index in [0.29, 0.717) is 17.1 Å². The Balaban J connectivity index is 1.65. The predicted octanol–water partition coefficient (Wildman–Crippen LogP) is 3.79. The molecule has 0 unspecified atom stereocenters. The number of hydrogen-bond donors (Lipinski definition) is 1. The van der Waals surface area contributed by atoms with E-state index in [9.17, 15) is 18.4 Å². The summed E-state index contributed by atoms with van der Waals surface area (Å²) >= 11 is 1.01. The number of carbonyl (C=O) groups is 1. The molecule has 0 fully saturated rings. The molecule has 6 nitrogen and oxygen atoms in total. The zero-order chi connectivity index (χ0) is 21.1. The number of anilines is 1. The normalized spacial score (nSPS) is 10.9. The number of rotatable bonds is 5. The highest BCUT2D eigenvalue weighted by atomic mass is 32.2. The van der Waals surface area contributed by atoms with E-state index in [-0.39, 0.29) is 27.8 Å². The summed E-state index contributed by atoms with van der Waals surface area (Å²) in [6.07, 6.45) is 1.53.